The molecule has 2 aromatic rings. The normalized spacial score (nSPS) is 18.1. The molecule has 1 unspecified atom stereocenters. The van der Waals surface area contributed by atoms with Gasteiger partial charge in [-0.05, 0) is 11.6 Å². The third kappa shape index (κ3) is 3.80. The Morgan fingerprint density at radius 1 is 1.26 bits per heavy atom. The van der Waals surface area contributed by atoms with Gasteiger partial charge in [0.2, 0.25) is 0 Å². The maximum atomic E-state index is 10.6. The molecule has 1 aromatic heterocycles. The lowest BCUT2D eigenvalue weighted by Gasteiger charge is -2.31. The summed E-state index contributed by atoms with van der Waals surface area (Å²) in [6.07, 6.45) is -0.544. The van der Waals surface area contributed by atoms with Crippen molar-refractivity contribution in [3.8, 4) is 11.3 Å². The van der Waals surface area contributed by atoms with E-state index in [0.717, 1.165) is 48.0 Å². The standard InChI is InChI=1S/C18H25N3OS/c1-18(2,3)17-20-15(12-23-17)13-5-4-6-14(11-13)16(22)21-9-7-19-8-10-21/h4-6,11-12,16,19,22H,7-10H2,1-3H3. The van der Waals surface area contributed by atoms with E-state index in [1.165, 1.54) is 0 Å². The first kappa shape index (κ1) is 16.6. The molecule has 3 rings (SSSR count). The predicted molar refractivity (Wildman–Crippen MR) is 95.7 cm³/mol. The summed E-state index contributed by atoms with van der Waals surface area (Å²) >= 11 is 1.70. The fraction of sp³-hybridized carbons (Fsp3) is 0.500. The lowest BCUT2D eigenvalue weighted by Crippen LogP contribution is -2.45. The summed E-state index contributed by atoms with van der Waals surface area (Å²) in [6, 6.07) is 8.13. The molecule has 5 heteroatoms. The van der Waals surface area contributed by atoms with Crippen LogP contribution in [0.4, 0.5) is 0 Å². The van der Waals surface area contributed by atoms with Gasteiger partial charge in [-0.2, -0.15) is 0 Å². The van der Waals surface area contributed by atoms with Gasteiger partial charge in [-0.15, -0.1) is 11.3 Å². The topological polar surface area (TPSA) is 48.4 Å². The number of aliphatic hydroxyl groups is 1. The maximum Gasteiger partial charge on any atom is 0.133 e. The largest absolute Gasteiger partial charge is 0.374 e. The average Bonchev–Trinajstić information content (AvgIpc) is 3.05. The van der Waals surface area contributed by atoms with Crippen LogP contribution in [0.5, 0.6) is 0 Å². The van der Waals surface area contributed by atoms with E-state index in [4.69, 9.17) is 4.98 Å². The van der Waals surface area contributed by atoms with Crippen LogP contribution in [0.2, 0.25) is 0 Å². The Morgan fingerprint density at radius 2 is 2.00 bits per heavy atom. The molecule has 1 fully saturated rings. The Hall–Kier alpha value is -1.27. The number of rotatable bonds is 3. The van der Waals surface area contributed by atoms with Gasteiger partial charge >= 0.3 is 0 Å². The Labute approximate surface area is 142 Å². The zero-order valence-electron chi connectivity index (χ0n) is 14.0. The van der Waals surface area contributed by atoms with E-state index in [2.05, 4.69) is 48.5 Å². The van der Waals surface area contributed by atoms with Crippen LogP contribution >= 0.6 is 11.3 Å². The molecule has 2 N–H and O–H groups in total. The highest BCUT2D eigenvalue weighted by atomic mass is 32.1. The first-order valence-electron chi connectivity index (χ1n) is 8.14. The van der Waals surface area contributed by atoms with Crippen molar-refractivity contribution >= 4 is 11.3 Å². The summed E-state index contributed by atoms with van der Waals surface area (Å²) in [5.41, 5.74) is 3.08. The number of nitrogens with one attached hydrogen (secondary N) is 1. The summed E-state index contributed by atoms with van der Waals surface area (Å²) in [6.45, 7) is 10.1. The number of thiazole rings is 1. The molecule has 0 amide bonds. The van der Waals surface area contributed by atoms with Crippen molar-refractivity contribution in [1.82, 2.24) is 15.2 Å². The highest BCUT2D eigenvalue weighted by molar-refractivity contribution is 7.10. The predicted octanol–water partition coefficient (Wildman–Crippen LogP) is 3.00. The van der Waals surface area contributed by atoms with E-state index in [-0.39, 0.29) is 5.41 Å². The highest BCUT2D eigenvalue weighted by Gasteiger charge is 2.21. The van der Waals surface area contributed by atoms with Crippen LogP contribution in [0.15, 0.2) is 29.6 Å². The lowest BCUT2D eigenvalue weighted by molar-refractivity contribution is -0.00542. The first-order valence-corrected chi connectivity index (χ1v) is 9.02. The van der Waals surface area contributed by atoms with Gasteiger partial charge in [-0.3, -0.25) is 4.90 Å². The Bertz CT molecular complexity index is 656. The van der Waals surface area contributed by atoms with Gasteiger partial charge in [-0.25, -0.2) is 4.98 Å². The van der Waals surface area contributed by atoms with Crippen LogP contribution < -0.4 is 5.32 Å². The fourth-order valence-electron chi connectivity index (χ4n) is 2.75. The van der Waals surface area contributed by atoms with Crippen LogP contribution in [0.1, 0.15) is 37.6 Å². The number of piperazine rings is 1. The molecule has 0 aliphatic carbocycles. The fourth-order valence-corrected chi connectivity index (χ4v) is 3.66. The summed E-state index contributed by atoms with van der Waals surface area (Å²) in [5.74, 6) is 0. The van der Waals surface area contributed by atoms with Crippen molar-refractivity contribution in [3.05, 3.63) is 40.2 Å². The summed E-state index contributed by atoms with van der Waals surface area (Å²) in [7, 11) is 0. The highest BCUT2D eigenvalue weighted by Crippen LogP contribution is 2.31. The minimum atomic E-state index is -0.544. The van der Waals surface area contributed by atoms with E-state index < -0.39 is 6.23 Å². The maximum absolute atomic E-state index is 10.6. The van der Waals surface area contributed by atoms with Crippen molar-refractivity contribution in [1.29, 1.82) is 0 Å². The van der Waals surface area contributed by atoms with E-state index >= 15 is 0 Å². The SMILES string of the molecule is CC(C)(C)c1nc(-c2cccc(C(O)N3CCNCC3)c2)cs1. The van der Waals surface area contributed by atoms with E-state index in [1.54, 1.807) is 11.3 Å². The lowest BCUT2D eigenvalue weighted by atomic mass is 9.98. The molecule has 1 atom stereocenters. The van der Waals surface area contributed by atoms with Crippen LogP contribution in [0, 0.1) is 0 Å². The number of hydrogen-bond acceptors (Lipinski definition) is 5. The molecule has 2 heterocycles. The van der Waals surface area contributed by atoms with Gasteiger partial charge in [0.05, 0.1) is 10.7 Å². The zero-order chi connectivity index (χ0) is 16.4. The molecule has 1 aliphatic heterocycles. The monoisotopic (exact) mass is 331 g/mol. The van der Waals surface area contributed by atoms with Gasteiger partial charge in [0.15, 0.2) is 0 Å². The quantitative estimate of drug-likeness (QED) is 0.908. The molecular weight excluding hydrogens is 306 g/mol. The molecule has 1 aliphatic rings. The van der Waals surface area contributed by atoms with Gasteiger partial charge in [-0.1, -0.05) is 39.0 Å². The minimum absolute atomic E-state index is 0.0703. The van der Waals surface area contributed by atoms with E-state index in [9.17, 15) is 5.11 Å². The smallest absolute Gasteiger partial charge is 0.133 e. The third-order valence-corrected chi connectivity index (χ3v) is 5.39. The molecule has 0 radical (unpaired) electrons. The van der Waals surface area contributed by atoms with Gasteiger partial charge in [0.25, 0.3) is 0 Å². The molecule has 4 nitrogen and oxygen atoms in total. The third-order valence-electron chi connectivity index (χ3n) is 4.12. The summed E-state index contributed by atoms with van der Waals surface area (Å²) in [4.78, 5) is 6.89. The Morgan fingerprint density at radius 3 is 2.65 bits per heavy atom. The van der Waals surface area contributed by atoms with Crippen molar-refractivity contribution < 1.29 is 5.11 Å². The number of nitrogens with zero attached hydrogens (tertiary/aromatic N) is 2. The zero-order valence-corrected chi connectivity index (χ0v) is 14.9. The second-order valence-electron chi connectivity index (χ2n) is 7.07. The van der Waals surface area contributed by atoms with Gasteiger partial charge in [0, 0.05) is 42.5 Å². The molecule has 1 aromatic carbocycles. The number of hydrogen-bond donors (Lipinski definition) is 2. The van der Waals surface area contributed by atoms with Crippen LogP contribution in [0.25, 0.3) is 11.3 Å². The van der Waals surface area contributed by atoms with Gasteiger partial charge in [0.1, 0.15) is 6.23 Å². The molecule has 0 saturated carbocycles. The van der Waals surface area contributed by atoms with E-state index in [1.807, 2.05) is 12.1 Å². The molecular formula is C18H25N3OS. The number of aromatic nitrogens is 1. The molecule has 0 spiro atoms. The molecule has 0 bridgehead atoms. The van der Waals surface area contributed by atoms with Crippen molar-refractivity contribution in [2.45, 2.75) is 32.4 Å². The average molecular weight is 331 g/mol. The van der Waals surface area contributed by atoms with E-state index in [0.29, 0.717) is 0 Å². The number of benzene rings is 1. The summed E-state index contributed by atoms with van der Waals surface area (Å²) < 4.78 is 0. The minimum Gasteiger partial charge on any atom is -0.374 e. The molecule has 1 saturated heterocycles. The first-order chi connectivity index (χ1) is 10.9. The van der Waals surface area contributed by atoms with Crippen LogP contribution in [-0.2, 0) is 5.41 Å². The molecule has 23 heavy (non-hydrogen) atoms. The Balaban J connectivity index is 1.83. The second kappa shape index (κ2) is 6.69. The Kier molecular flexibility index (Phi) is 4.82. The van der Waals surface area contributed by atoms with Crippen molar-refractivity contribution in [2.75, 3.05) is 26.2 Å². The van der Waals surface area contributed by atoms with Crippen LogP contribution in [0.3, 0.4) is 0 Å². The van der Waals surface area contributed by atoms with Gasteiger partial charge < -0.3 is 10.4 Å². The molecule has 124 valence electrons. The number of aliphatic hydroxyl groups excluding tert-OH is 1. The summed E-state index contributed by atoms with van der Waals surface area (Å²) in [5, 5.41) is 17.2. The van der Waals surface area contributed by atoms with Crippen LogP contribution in [-0.4, -0.2) is 41.2 Å². The second-order valence-corrected chi connectivity index (χ2v) is 7.93. The van der Waals surface area contributed by atoms with Crippen molar-refractivity contribution in [3.63, 3.8) is 0 Å². The van der Waals surface area contributed by atoms with Crippen molar-refractivity contribution in [2.24, 2.45) is 0 Å².